The summed E-state index contributed by atoms with van der Waals surface area (Å²) in [7, 11) is 0. The topological polar surface area (TPSA) is 91.4 Å². The minimum atomic E-state index is -1.10. The van der Waals surface area contributed by atoms with E-state index in [4.69, 9.17) is 4.74 Å². The molecule has 1 heterocycles. The SMILES string of the molecule is CC(C)c1cccc2c(C[C@H](NC(=O)OC(C)(C)C)C(=O)O)c[nH]c12. The number of hydrogen-bond donors (Lipinski definition) is 3. The van der Waals surface area contributed by atoms with E-state index in [2.05, 4.69) is 30.2 Å². The molecular weight excluding hydrogens is 320 g/mol. The monoisotopic (exact) mass is 346 g/mol. The third-order valence-electron chi connectivity index (χ3n) is 3.87. The average molecular weight is 346 g/mol. The Balaban J connectivity index is 2.23. The molecule has 1 aromatic heterocycles. The summed E-state index contributed by atoms with van der Waals surface area (Å²) in [5, 5.41) is 12.9. The molecule has 0 aliphatic heterocycles. The molecule has 0 fully saturated rings. The van der Waals surface area contributed by atoms with E-state index in [1.807, 2.05) is 18.3 Å². The highest BCUT2D eigenvalue weighted by Crippen LogP contribution is 2.27. The van der Waals surface area contributed by atoms with E-state index in [9.17, 15) is 14.7 Å². The van der Waals surface area contributed by atoms with E-state index < -0.39 is 23.7 Å². The predicted octanol–water partition coefficient (Wildman–Crippen LogP) is 3.81. The smallest absolute Gasteiger partial charge is 0.408 e. The molecule has 3 N–H and O–H groups in total. The van der Waals surface area contributed by atoms with Crippen LogP contribution < -0.4 is 5.32 Å². The van der Waals surface area contributed by atoms with Crippen molar-refractivity contribution in [1.29, 1.82) is 0 Å². The van der Waals surface area contributed by atoms with Crippen molar-refractivity contribution in [2.45, 2.75) is 58.6 Å². The molecule has 0 saturated carbocycles. The Morgan fingerprint density at radius 1 is 1.28 bits per heavy atom. The highest BCUT2D eigenvalue weighted by atomic mass is 16.6. The molecule has 136 valence electrons. The van der Waals surface area contributed by atoms with Crippen LogP contribution in [0.5, 0.6) is 0 Å². The van der Waals surface area contributed by atoms with Gasteiger partial charge in [0, 0.05) is 23.5 Å². The first-order valence-corrected chi connectivity index (χ1v) is 8.39. The van der Waals surface area contributed by atoms with Crippen LogP contribution in [0.1, 0.15) is 51.7 Å². The van der Waals surface area contributed by atoms with Gasteiger partial charge in [0.1, 0.15) is 11.6 Å². The number of aliphatic carboxylic acids is 1. The Labute approximate surface area is 147 Å². The second-order valence-electron chi connectivity index (χ2n) is 7.48. The van der Waals surface area contributed by atoms with E-state index in [1.54, 1.807) is 20.8 Å². The number of H-pyrrole nitrogens is 1. The molecule has 6 nitrogen and oxygen atoms in total. The third-order valence-corrected chi connectivity index (χ3v) is 3.87. The fourth-order valence-corrected chi connectivity index (χ4v) is 2.76. The number of benzene rings is 1. The van der Waals surface area contributed by atoms with Crippen molar-refractivity contribution in [3.05, 3.63) is 35.5 Å². The Morgan fingerprint density at radius 3 is 2.52 bits per heavy atom. The summed E-state index contributed by atoms with van der Waals surface area (Å²) in [6.07, 6.45) is 1.25. The van der Waals surface area contributed by atoms with Crippen LogP contribution in [0, 0.1) is 0 Å². The number of aromatic amines is 1. The lowest BCUT2D eigenvalue weighted by Gasteiger charge is -2.22. The fraction of sp³-hybridized carbons (Fsp3) is 0.474. The Morgan fingerprint density at radius 2 is 1.96 bits per heavy atom. The van der Waals surface area contributed by atoms with Gasteiger partial charge in [-0.2, -0.15) is 0 Å². The number of para-hydroxylation sites is 1. The number of carboxylic acids is 1. The van der Waals surface area contributed by atoms with Crippen molar-refractivity contribution >= 4 is 23.0 Å². The van der Waals surface area contributed by atoms with Gasteiger partial charge in [0.15, 0.2) is 0 Å². The van der Waals surface area contributed by atoms with Gasteiger partial charge in [-0.1, -0.05) is 32.0 Å². The lowest BCUT2D eigenvalue weighted by Crippen LogP contribution is -2.44. The molecule has 2 rings (SSSR count). The molecule has 0 radical (unpaired) electrons. The van der Waals surface area contributed by atoms with Crippen molar-refractivity contribution < 1.29 is 19.4 Å². The maximum absolute atomic E-state index is 11.9. The molecule has 0 aliphatic carbocycles. The highest BCUT2D eigenvalue weighted by Gasteiger charge is 2.25. The summed E-state index contributed by atoms with van der Waals surface area (Å²) in [4.78, 5) is 26.7. The Bertz CT molecular complexity index is 771. The number of carbonyl (C=O) groups excluding carboxylic acids is 1. The summed E-state index contributed by atoms with van der Waals surface area (Å²) in [5.74, 6) is -0.745. The number of rotatable bonds is 5. The van der Waals surface area contributed by atoms with Gasteiger partial charge < -0.3 is 20.1 Å². The van der Waals surface area contributed by atoms with Gasteiger partial charge in [0.2, 0.25) is 0 Å². The molecule has 0 unspecified atom stereocenters. The van der Waals surface area contributed by atoms with E-state index in [1.165, 1.54) is 5.56 Å². The maximum atomic E-state index is 11.9. The zero-order valence-corrected chi connectivity index (χ0v) is 15.3. The largest absolute Gasteiger partial charge is 0.480 e. The quantitative estimate of drug-likeness (QED) is 0.767. The number of alkyl carbamates (subject to hydrolysis) is 1. The molecular formula is C19H26N2O4. The Hall–Kier alpha value is -2.50. The van der Waals surface area contributed by atoms with Gasteiger partial charge in [-0.15, -0.1) is 0 Å². The van der Waals surface area contributed by atoms with Gasteiger partial charge in [0.25, 0.3) is 0 Å². The molecule has 6 heteroatoms. The van der Waals surface area contributed by atoms with Gasteiger partial charge in [-0.05, 0) is 37.8 Å². The second-order valence-corrected chi connectivity index (χ2v) is 7.48. The van der Waals surface area contributed by atoms with Crippen LogP contribution >= 0.6 is 0 Å². The van der Waals surface area contributed by atoms with Crippen molar-refractivity contribution in [3.63, 3.8) is 0 Å². The van der Waals surface area contributed by atoms with Crippen LogP contribution in [-0.4, -0.2) is 33.8 Å². The first-order chi connectivity index (χ1) is 11.6. The molecule has 25 heavy (non-hydrogen) atoms. The molecule has 0 aliphatic rings. The molecule has 1 aromatic carbocycles. The van der Waals surface area contributed by atoms with E-state index in [0.717, 1.165) is 16.5 Å². The molecule has 0 spiro atoms. The number of carbonyl (C=O) groups is 2. The zero-order chi connectivity index (χ0) is 18.8. The molecule has 1 atom stereocenters. The van der Waals surface area contributed by atoms with Gasteiger partial charge in [0.05, 0.1) is 0 Å². The number of ether oxygens (including phenoxy) is 1. The summed E-state index contributed by atoms with van der Waals surface area (Å²) >= 11 is 0. The number of amides is 1. The van der Waals surface area contributed by atoms with E-state index >= 15 is 0 Å². The first-order valence-electron chi connectivity index (χ1n) is 8.39. The number of hydrogen-bond acceptors (Lipinski definition) is 3. The first kappa shape index (κ1) is 18.8. The van der Waals surface area contributed by atoms with Gasteiger partial charge in [-0.3, -0.25) is 0 Å². The lowest BCUT2D eigenvalue weighted by molar-refractivity contribution is -0.139. The minimum absolute atomic E-state index is 0.177. The standard InChI is InChI=1S/C19H26N2O4/c1-11(2)13-7-6-8-14-12(10-20-16(13)14)9-15(17(22)23)21-18(24)25-19(3,4)5/h6-8,10-11,15,20H,9H2,1-5H3,(H,21,24)(H,22,23)/t15-/m0/s1. The lowest BCUT2D eigenvalue weighted by atomic mass is 9.98. The van der Waals surface area contributed by atoms with Crippen LogP contribution in [-0.2, 0) is 16.0 Å². The fourth-order valence-electron chi connectivity index (χ4n) is 2.76. The molecule has 1 amide bonds. The number of aromatic nitrogens is 1. The molecule has 0 saturated heterocycles. The Kier molecular flexibility index (Phi) is 5.40. The summed E-state index contributed by atoms with van der Waals surface area (Å²) in [6, 6.07) is 4.92. The van der Waals surface area contributed by atoms with Crippen molar-refractivity contribution in [2.75, 3.05) is 0 Å². The second kappa shape index (κ2) is 7.17. The van der Waals surface area contributed by atoms with Crippen LogP contribution in [0.15, 0.2) is 24.4 Å². The maximum Gasteiger partial charge on any atom is 0.408 e. The highest BCUT2D eigenvalue weighted by molar-refractivity contribution is 5.88. The predicted molar refractivity (Wildman–Crippen MR) is 96.9 cm³/mol. The van der Waals surface area contributed by atoms with E-state index in [0.29, 0.717) is 5.92 Å². The molecule has 0 bridgehead atoms. The van der Waals surface area contributed by atoms with Crippen LogP contribution in [0.25, 0.3) is 10.9 Å². The van der Waals surface area contributed by atoms with Crippen LogP contribution in [0.3, 0.4) is 0 Å². The van der Waals surface area contributed by atoms with Crippen molar-refractivity contribution in [3.8, 4) is 0 Å². The van der Waals surface area contributed by atoms with Crippen LogP contribution in [0.2, 0.25) is 0 Å². The summed E-state index contributed by atoms with van der Waals surface area (Å²) in [5.41, 5.74) is 2.35. The van der Waals surface area contributed by atoms with Gasteiger partial charge >= 0.3 is 12.1 Å². The number of nitrogens with one attached hydrogen (secondary N) is 2. The minimum Gasteiger partial charge on any atom is -0.480 e. The third kappa shape index (κ3) is 4.75. The summed E-state index contributed by atoms with van der Waals surface area (Å²) < 4.78 is 5.15. The van der Waals surface area contributed by atoms with Crippen molar-refractivity contribution in [2.24, 2.45) is 0 Å². The zero-order valence-electron chi connectivity index (χ0n) is 15.3. The van der Waals surface area contributed by atoms with Crippen LogP contribution in [0.4, 0.5) is 4.79 Å². The number of carboxylic acid groups (broad SMARTS) is 1. The molecule has 2 aromatic rings. The average Bonchev–Trinajstić information content (AvgIpc) is 2.87. The van der Waals surface area contributed by atoms with E-state index in [-0.39, 0.29) is 6.42 Å². The normalized spacial score (nSPS) is 13.0. The van der Waals surface area contributed by atoms with Gasteiger partial charge in [-0.25, -0.2) is 9.59 Å². The number of fused-ring (bicyclic) bond motifs is 1. The van der Waals surface area contributed by atoms with Crippen molar-refractivity contribution in [1.82, 2.24) is 10.3 Å². The summed E-state index contributed by atoms with van der Waals surface area (Å²) in [6.45, 7) is 9.42.